The summed E-state index contributed by atoms with van der Waals surface area (Å²) in [4.78, 5) is 34.9. The normalized spacial score (nSPS) is 12.4. The molecule has 0 aliphatic heterocycles. The molecule has 1 aromatic rings. The summed E-state index contributed by atoms with van der Waals surface area (Å²) in [6, 6.07) is 6.16. The Labute approximate surface area is 135 Å². The number of hydrogen-bond acceptors (Lipinski definition) is 4. The van der Waals surface area contributed by atoms with Gasteiger partial charge < -0.3 is 15.7 Å². The van der Waals surface area contributed by atoms with Gasteiger partial charge in [-0.3, -0.25) is 14.4 Å². The second kappa shape index (κ2) is 8.85. The largest absolute Gasteiger partial charge is 0.394 e. The molecule has 0 aliphatic carbocycles. The Morgan fingerprint density at radius 3 is 2.26 bits per heavy atom. The number of carbonyl (C=O) groups excluding carboxylic acids is 3. The van der Waals surface area contributed by atoms with E-state index in [1.807, 2.05) is 6.92 Å². The van der Waals surface area contributed by atoms with Gasteiger partial charge in [-0.2, -0.15) is 0 Å². The lowest BCUT2D eigenvalue weighted by molar-refractivity contribution is -0.119. The zero-order valence-corrected chi connectivity index (χ0v) is 13.6. The summed E-state index contributed by atoms with van der Waals surface area (Å²) < 4.78 is 0. The number of Topliss-reactive ketones (excluding diaryl/α,β-unsaturated/α-hetero) is 1. The van der Waals surface area contributed by atoms with E-state index < -0.39 is 11.8 Å². The highest BCUT2D eigenvalue weighted by molar-refractivity contribution is 6.06. The van der Waals surface area contributed by atoms with Crippen molar-refractivity contribution in [2.24, 2.45) is 0 Å². The van der Waals surface area contributed by atoms with Gasteiger partial charge in [0.2, 0.25) is 11.8 Å². The van der Waals surface area contributed by atoms with Crippen molar-refractivity contribution in [1.29, 1.82) is 0 Å². The van der Waals surface area contributed by atoms with Gasteiger partial charge in [-0.05, 0) is 44.5 Å². The lowest BCUT2D eigenvalue weighted by atomic mass is 10.1. The summed E-state index contributed by atoms with van der Waals surface area (Å²) in [5.74, 6) is -0.886. The van der Waals surface area contributed by atoms with Crippen molar-refractivity contribution in [2.75, 3.05) is 11.9 Å². The fourth-order valence-electron chi connectivity index (χ4n) is 1.80. The molecule has 124 valence electrons. The molecule has 1 aromatic carbocycles. The van der Waals surface area contributed by atoms with E-state index in [2.05, 4.69) is 10.6 Å². The number of amides is 2. The predicted octanol–water partition coefficient (Wildman–Crippen LogP) is 1.66. The zero-order valence-electron chi connectivity index (χ0n) is 13.6. The van der Waals surface area contributed by atoms with Gasteiger partial charge in [-0.25, -0.2) is 0 Å². The van der Waals surface area contributed by atoms with E-state index in [1.54, 1.807) is 24.3 Å². The molecule has 6 heteroatoms. The molecule has 0 aromatic heterocycles. The van der Waals surface area contributed by atoms with Crippen LogP contribution < -0.4 is 10.6 Å². The van der Waals surface area contributed by atoms with E-state index in [0.717, 1.165) is 0 Å². The number of hydrogen-bond donors (Lipinski definition) is 3. The first-order valence-corrected chi connectivity index (χ1v) is 7.39. The molecule has 0 aliphatic rings. The fraction of sp³-hybridized carbons (Fsp3) is 0.353. The average molecular weight is 318 g/mol. The molecule has 0 heterocycles. The van der Waals surface area contributed by atoms with Crippen LogP contribution in [0, 0.1) is 0 Å². The number of anilines is 1. The van der Waals surface area contributed by atoms with E-state index in [-0.39, 0.29) is 24.0 Å². The van der Waals surface area contributed by atoms with Crippen LogP contribution in [0.3, 0.4) is 0 Å². The third-order valence-electron chi connectivity index (χ3n) is 3.31. The molecule has 0 saturated heterocycles. The van der Waals surface area contributed by atoms with Crippen molar-refractivity contribution in [3.63, 3.8) is 0 Å². The standard InChI is InChI=1S/C17H22N2O4/c1-4-14(10-20)19-17(23)11(2)9-16(22)18-15-7-5-13(6-8-15)12(3)21/h5-9,14,20H,4,10H2,1-3H3,(H,18,22)(H,19,23)/b11-9-. The first kappa shape index (κ1) is 18.6. The molecule has 0 bridgehead atoms. The monoisotopic (exact) mass is 318 g/mol. The van der Waals surface area contributed by atoms with Gasteiger partial charge in [0.1, 0.15) is 0 Å². The Bertz CT molecular complexity index is 602. The number of carbonyl (C=O) groups is 3. The average Bonchev–Trinajstić information content (AvgIpc) is 2.52. The number of nitrogens with one attached hydrogen (secondary N) is 2. The maximum absolute atomic E-state index is 11.9. The number of ketones is 1. The summed E-state index contributed by atoms with van der Waals surface area (Å²) in [6.07, 6.45) is 1.79. The molecule has 2 amide bonds. The Morgan fingerprint density at radius 2 is 1.78 bits per heavy atom. The molecule has 6 nitrogen and oxygen atoms in total. The number of aliphatic hydroxyl groups excluding tert-OH is 1. The number of rotatable bonds is 7. The maximum atomic E-state index is 11.9. The SMILES string of the molecule is CCC(CO)NC(=O)/C(C)=C\C(=O)Nc1ccc(C(C)=O)cc1. The van der Waals surface area contributed by atoms with Crippen molar-refractivity contribution in [2.45, 2.75) is 33.2 Å². The summed E-state index contributed by atoms with van der Waals surface area (Å²) in [7, 11) is 0. The molecule has 23 heavy (non-hydrogen) atoms. The lowest BCUT2D eigenvalue weighted by Gasteiger charge is -2.14. The second-order valence-corrected chi connectivity index (χ2v) is 5.21. The van der Waals surface area contributed by atoms with Crippen molar-refractivity contribution in [3.05, 3.63) is 41.5 Å². The van der Waals surface area contributed by atoms with Gasteiger partial charge in [0, 0.05) is 22.9 Å². The van der Waals surface area contributed by atoms with Gasteiger partial charge in [0.15, 0.2) is 5.78 Å². The number of aliphatic hydroxyl groups is 1. The van der Waals surface area contributed by atoms with Crippen LogP contribution in [-0.2, 0) is 9.59 Å². The van der Waals surface area contributed by atoms with Gasteiger partial charge >= 0.3 is 0 Å². The topological polar surface area (TPSA) is 95.5 Å². The fourth-order valence-corrected chi connectivity index (χ4v) is 1.80. The van der Waals surface area contributed by atoms with Crippen LogP contribution in [0.5, 0.6) is 0 Å². The van der Waals surface area contributed by atoms with Crippen LogP contribution >= 0.6 is 0 Å². The minimum Gasteiger partial charge on any atom is -0.394 e. The molecule has 1 atom stereocenters. The highest BCUT2D eigenvalue weighted by Gasteiger charge is 2.12. The first-order chi connectivity index (χ1) is 10.9. The van der Waals surface area contributed by atoms with Crippen LogP contribution in [0.2, 0.25) is 0 Å². The lowest BCUT2D eigenvalue weighted by Crippen LogP contribution is -2.37. The molecule has 0 radical (unpaired) electrons. The van der Waals surface area contributed by atoms with Crippen LogP contribution in [0.4, 0.5) is 5.69 Å². The minimum atomic E-state index is -0.440. The molecular weight excluding hydrogens is 296 g/mol. The second-order valence-electron chi connectivity index (χ2n) is 5.21. The van der Waals surface area contributed by atoms with Crippen molar-refractivity contribution >= 4 is 23.3 Å². The first-order valence-electron chi connectivity index (χ1n) is 7.39. The summed E-state index contributed by atoms with van der Waals surface area (Å²) >= 11 is 0. The van der Waals surface area contributed by atoms with E-state index in [4.69, 9.17) is 5.11 Å². The maximum Gasteiger partial charge on any atom is 0.248 e. The summed E-state index contributed by atoms with van der Waals surface area (Å²) in [5.41, 5.74) is 1.34. The molecule has 1 rings (SSSR count). The van der Waals surface area contributed by atoms with Crippen LogP contribution in [-0.4, -0.2) is 35.4 Å². The molecule has 0 fully saturated rings. The van der Waals surface area contributed by atoms with E-state index in [9.17, 15) is 14.4 Å². The van der Waals surface area contributed by atoms with Crippen molar-refractivity contribution in [1.82, 2.24) is 5.32 Å². The minimum absolute atomic E-state index is 0.0513. The molecule has 0 spiro atoms. The summed E-state index contributed by atoms with van der Waals surface area (Å²) in [6.45, 7) is 4.69. The third-order valence-corrected chi connectivity index (χ3v) is 3.31. The Kier molecular flexibility index (Phi) is 7.15. The predicted molar refractivity (Wildman–Crippen MR) is 88.1 cm³/mol. The summed E-state index contributed by atoms with van der Waals surface area (Å²) in [5, 5.41) is 14.3. The van der Waals surface area contributed by atoms with Gasteiger partial charge in [0.05, 0.1) is 12.6 Å². The van der Waals surface area contributed by atoms with Crippen LogP contribution in [0.25, 0.3) is 0 Å². The van der Waals surface area contributed by atoms with E-state index >= 15 is 0 Å². The molecule has 0 saturated carbocycles. The Balaban J connectivity index is 2.66. The Hall–Kier alpha value is -2.47. The van der Waals surface area contributed by atoms with E-state index in [1.165, 1.54) is 19.9 Å². The van der Waals surface area contributed by atoms with Crippen molar-refractivity contribution < 1.29 is 19.5 Å². The van der Waals surface area contributed by atoms with Gasteiger partial charge in [0.25, 0.3) is 0 Å². The highest BCUT2D eigenvalue weighted by Crippen LogP contribution is 2.10. The molecule has 1 unspecified atom stereocenters. The van der Waals surface area contributed by atoms with Gasteiger partial charge in [-0.1, -0.05) is 6.92 Å². The molecule has 3 N–H and O–H groups in total. The number of benzene rings is 1. The molecular formula is C17H22N2O4. The highest BCUT2D eigenvalue weighted by atomic mass is 16.3. The van der Waals surface area contributed by atoms with Crippen LogP contribution in [0.1, 0.15) is 37.6 Å². The third kappa shape index (κ3) is 6.04. The van der Waals surface area contributed by atoms with Crippen LogP contribution in [0.15, 0.2) is 35.9 Å². The quantitative estimate of drug-likeness (QED) is 0.526. The smallest absolute Gasteiger partial charge is 0.248 e. The zero-order chi connectivity index (χ0) is 17.4. The van der Waals surface area contributed by atoms with Gasteiger partial charge in [-0.15, -0.1) is 0 Å². The van der Waals surface area contributed by atoms with E-state index in [0.29, 0.717) is 17.7 Å². The Morgan fingerprint density at radius 1 is 1.17 bits per heavy atom. The van der Waals surface area contributed by atoms with Crippen molar-refractivity contribution in [3.8, 4) is 0 Å².